The average Bonchev–Trinajstić information content (AvgIpc) is 3.59. The molecule has 0 bridgehead atoms. The number of carbonyl (C=O) groups excluding carboxylic acids is 2. The topological polar surface area (TPSA) is 103 Å². The molecule has 1 aliphatic carbocycles. The van der Waals surface area contributed by atoms with Crippen LogP contribution < -0.4 is 10.9 Å². The Labute approximate surface area is 183 Å². The molecule has 0 radical (unpaired) electrons. The van der Waals surface area contributed by atoms with E-state index in [-0.39, 0.29) is 29.6 Å². The fourth-order valence-electron chi connectivity index (χ4n) is 3.31. The van der Waals surface area contributed by atoms with Crippen molar-refractivity contribution in [3.05, 3.63) is 63.9 Å². The largest absolute Gasteiger partial charge is 0.453 e. The highest BCUT2D eigenvalue weighted by molar-refractivity contribution is 6.32. The lowest BCUT2D eigenvalue weighted by Gasteiger charge is -2.15. The van der Waals surface area contributed by atoms with Crippen molar-refractivity contribution in [1.82, 2.24) is 14.5 Å². The molecule has 8 nitrogen and oxygen atoms in total. The monoisotopic (exact) mass is 440 g/mol. The van der Waals surface area contributed by atoms with Crippen LogP contribution in [0.25, 0.3) is 10.9 Å². The van der Waals surface area contributed by atoms with Gasteiger partial charge in [0, 0.05) is 18.7 Å². The Morgan fingerprint density at radius 1 is 1.26 bits per heavy atom. The third-order valence-corrected chi connectivity index (χ3v) is 5.34. The molecule has 1 fully saturated rings. The Hall–Kier alpha value is -3.26. The number of hydrogen-bond acceptors (Lipinski definition) is 6. The van der Waals surface area contributed by atoms with E-state index in [1.54, 1.807) is 28.8 Å². The number of rotatable bonds is 7. The summed E-state index contributed by atoms with van der Waals surface area (Å²) in [6.07, 6.45) is 2.58. The Balaban J connectivity index is 1.41. The maximum Gasteiger partial charge on any atom is 0.307 e. The van der Waals surface area contributed by atoms with Gasteiger partial charge in [0.1, 0.15) is 5.82 Å². The molecular formula is C22H21ClN4O4. The number of hydrogen-bond donors (Lipinski definition) is 1. The summed E-state index contributed by atoms with van der Waals surface area (Å²) in [4.78, 5) is 46.0. The Bertz CT molecular complexity index is 1210. The maximum atomic E-state index is 12.9. The van der Waals surface area contributed by atoms with Crippen LogP contribution in [0.5, 0.6) is 0 Å². The quantitative estimate of drug-likeness (QED) is 0.446. The zero-order valence-corrected chi connectivity index (χ0v) is 17.6. The molecule has 1 saturated carbocycles. The molecule has 1 N–H and O–H groups in total. The zero-order valence-electron chi connectivity index (χ0n) is 16.9. The highest BCUT2D eigenvalue weighted by Crippen LogP contribution is 2.35. The smallest absolute Gasteiger partial charge is 0.307 e. The molecule has 1 aromatic carbocycles. The van der Waals surface area contributed by atoms with Crippen molar-refractivity contribution >= 4 is 40.1 Å². The second-order valence-electron chi connectivity index (χ2n) is 7.41. The van der Waals surface area contributed by atoms with Crippen LogP contribution >= 0.6 is 11.6 Å². The Morgan fingerprint density at radius 3 is 2.77 bits per heavy atom. The van der Waals surface area contributed by atoms with Crippen molar-refractivity contribution < 1.29 is 14.3 Å². The lowest BCUT2D eigenvalue weighted by molar-refractivity contribution is -0.153. The number of fused-ring (bicyclic) bond motifs is 1. The zero-order chi connectivity index (χ0) is 22.0. The first-order valence-corrected chi connectivity index (χ1v) is 10.4. The highest BCUT2D eigenvalue weighted by Gasteiger charge is 2.28. The summed E-state index contributed by atoms with van der Waals surface area (Å²) in [6, 6.07) is 10.5. The van der Waals surface area contributed by atoms with E-state index < -0.39 is 18.0 Å². The van der Waals surface area contributed by atoms with E-state index in [2.05, 4.69) is 15.3 Å². The second kappa shape index (κ2) is 8.85. The standard InChI is InChI=1S/C22H21ClN4O4/c1-13(21(29)26-17-7-4-12-24-20(17)23)31-19(28)11-10-18-25-16-6-3-2-5-15(16)22(30)27(18)14-8-9-14/h2-7,12-14H,8-11H2,1H3,(H,26,29). The maximum absolute atomic E-state index is 12.9. The van der Waals surface area contributed by atoms with Gasteiger partial charge in [-0.1, -0.05) is 23.7 Å². The minimum Gasteiger partial charge on any atom is -0.453 e. The lowest BCUT2D eigenvalue weighted by atomic mass is 10.2. The van der Waals surface area contributed by atoms with E-state index in [9.17, 15) is 14.4 Å². The molecule has 160 valence electrons. The molecule has 3 aromatic rings. The Kier molecular flexibility index (Phi) is 5.99. The summed E-state index contributed by atoms with van der Waals surface area (Å²) in [5.41, 5.74) is 0.859. The number of aromatic nitrogens is 3. The van der Waals surface area contributed by atoms with Crippen LogP contribution in [0.4, 0.5) is 5.69 Å². The summed E-state index contributed by atoms with van der Waals surface area (Å²) in [6.45, 7) is 1.48. The minimum absolute atomic E-state index is 0.00275. The first-order valence-electron chi connectivity index (χ1n) is 10.0. The third kappa shape index (κ3) is 4.74. The number of halogens is 1. The molecule has 4 rings (SSSR count). The first kappa shape index (κ1) is 21.0. The number of para-hydroxylation sites is 1. The summed E-state index contributed by atoms with van der Waals surface area (Å²) >= 11 is 5.93. The van der Waals surface area contributed by atoms with Gasteiger partial charge in [-0.15, -0.1) is 0 Å². The normalized spacial score (nSPS) is 14.3. The van der Waals surface area contributed by atoms with E-state index >= 15 is 0 Å². The van der Waals surface area contributed by atoms with E-state index in [0.29, 0.717) is 22.4 Å². The first-order chi connectivity index (χ1) is 14.9. The van der Waals surface area contributed by atoms with E-state index in [4.69, 9.17) is 16.3 Å². The van der Waals surface area contributed by atoms with Gasteiger partial charge in [0.05, 0.1) is 23.0 Å². The van der Waals surface area contributed by atoms with E-state index in [1.807, 2.05) is 12.1 Å². The van der Waals surface area contributed by atoms with Gasteiger partial charge in [0.2, 0.25) is 0 Å². The number of carbonyl (C=O) groups is 2. The Morgan fingerprint density at radius 2 is 2.03 bits per heavy atom. The number of aryl methyl sites for hydroxylation is 1. The van der Waals surface area contributed by atoms with Gasteiger partial charge in [-0.2, -0.15) is 0 Å². The number of amides is 1. The fraction of sp³-hybridized carbons (Fsp3) is 0.318. The third-order valence-electron chi connectivity index (χ3n) is 5.04. The SMILES string of the molecule is CC(OC(=O)CCc1nc2ccccc2c(=O)n1C1CC1)C(=O)Nc1cccnc1Cl. The van der Waals surface area contributed by atoms with Gasteiger partial charge in [-0.25, -0.2) is 9.97 Å². The van der Waals surface area contributed by atoms with Crippen LogP contribution in [0.2, 0.25) is 5.15 Å². The molecule has 0 aliphatic heterocycles. The molecule has 2 heterocycles. The second-order valence-corrected chi connectivity index (χ2v) is 7.77. The molecule has 0 saturated heterocycles. The molecule has 0 spiro atoms. The van der Waals surface area contributed by atoms with Crippen LogP contribution in [0.1, 0.15) is 38.1 Å². The number of esters is 1. The van der Waals surface area contributed by atoms with E-state index in [1.165, 1.54) is 13.1 Å². The molecular weight excluding hydrogens is 420 g/mol. The van der Waals surface area contributed by atoms with E-state index in [0.717, 1.165) is 12.8 Å². The van der Waals surface area contributed by atoms with Gasteiger partial charge in [0.25, 0.3) is 11.5 Å². The summed E-state index contributed by atoms with van der Waals surface area (Å²) in [5, 5.41) is 3.30. The van der Waals surface area contributed by atoms with Crippen molar-refractivity contribution in [3.8, 4) is 0 Å². The molecule has 31 heavy (non-hydrogen) atoms. The van der Waals surface area contributed by atoms with Gasteiger partial charge < -0.3 is 10.1 Å². The molecule has 1 aliphatic rings. The summed E-state index contributed by atoms with van der Waals surface area (Å²) in [5.74, 6) is -0.506. The number of nitrogens with zero attached hydrogens (tertiary/aromatic N) is 3. The molecule has 2 aromatic heterocycles. The molecule has 1 atom stereocenters. The van der Waals surface area contributed by atoms with Gasteiger partial charge >= 0.3 is 5.97 Å². The van der Waals surface area contributed by atoms with Gasteiger partial charge in [-0.05, 0) is 44.0 Å². The van der Waals surface area contributed by atoms with Gasteiger partial charge in [-0.3, -0.25) is 19.0 Å². The predicted octanol–water partition coefficient (Wildman–Crippen LogP) is 3.28. The summed E-state index contributed by atoms with van der Waals surface area (Å²) in [7, 11) is 0. The van der Waals surface area contributed by atoms with Crippen LogP contribution in [0.15, 0.2) is 47.4 Å². The number of anilines is 1. The molecule has 1 unspecified atom stereocenters. The molecule has 1 amide bonds. The van der Waals surface area contributed by atoms with Crippen LogP contribution in [0.3, 0.4) is 0 Å². The highest BCUT2D eigenvalue weighted by atomic mass is 35.5. The number of nitrogens with one attached hydrogen (secondary N) is 1. The fourth-order valence-corrected chi connectivity index (χ4v) is 3.48. The number of ether oxygens (including phenoxy) is 1. The number of pyridine rings is 1. The minimum atomic E-state index is -1.01. The lowest BCUT2D eigenvalue weighted by Crippen LogP contribution is -2.30. The molecule has 9 heteroatoms. The van der Waals surface area contributed by atoms with Crippen LogP contribution in [-0.4, -0.2) is 32.5 Å². The van der Waals surface area contributed by atoms with Crippen molar-refractivity contribution in [2.24, 2.45) is 0 Å². The predicted molar refractivity (Wildman–Crippen MR) is 116 cm³/mol. The van der Waals surface area contributed by atoms with Crippen molar-refractivity contribution in [3.63, 3.8) is 0 Å². The van der Waals surface area contributed by atoms with Crippen LogP contribution in [-0.2, 0) is 20.7 Å². The van der Waals surface area contributed by atoms with Crippen molar-refractivity contribution in [2.75, 3.05) is 5.32 Å². The number of benzene rings is 1. The summed E-state index contributed by atoms with van der Waals surface area (Å²) < 4.78 is 6.94. The van der Waals surface area contributed by atoms with Crippen molar-refractivity contribution in [1.29, 1.82) is 0 Å². The van der Waals surface area contributed by atoms with Crippen LogP contribution in [0, 0.1) is 0 Å². The van der Waals surface area contributed by atoms with Crippen molar-refractivity contribution in [2.45, 2.75) is 44.8 Å². The van der Waals surface area contributed by atoms with Gasteiger partial charge in [0.15, 0.2) is 11.3 Å². The average molecular weight is 441 g/mol.